The maximum Gasteiger partial charge on any atom is 0.268 e. The summed E-state index contributed by atoms with van der Waals surface area (Å²) in [6, 6.07) is 18.5. The number of H-pyrrole nitrogens is 1. The number of pyridine rings is 1. The van der Waals surface area contributed by atoms with Crippen LogP contribution in [0, 0.1) is 28.5 Å². The lowest BCUT2D eigenvalue weighted by atomic mass is 9.72. The van der Waals surface area contributed by atoms with Crippen molar-refractivity contribution in [1.29, 1.82) is 5.26 Å². The van der Waals surface area contributed by atoms with Gasteiger partial charge in [0.2, 0.25) is 5.88 Å². The zero-order valence-electron chi connectivity index (χ0n) is 35.6. The molecule has 16 heteroatoms. The summed E-state index contributed by atoms with van der Waals surface area (Å²) in [7, 11) is -4.56. The summed E-state index contributed by atoms with van der Waals surface area (Å²) >= 11 is 6.24. The molecule has 13 nitrogen and oxygen atoms in total. The van der Waals surface area contributed by atoms with Crippen molar-refractivity contribution in [3.8, 4) is 23.4 Å². The summed E-state index contributed by atoms with van der Waals surface area (Å²) in [6.07, 6.45) is 8.39. The molecule has 3 aliphatic rings. The molecule has 1 saturated carbocycles. The highest BCUT2D eigenvalue weighted by Crippen LogP contribution is 2.44. The Morgan fingerprint density at radius 2 is 1.76 bits per heavy atom. The lowest BCUT2D eigenvalue weighted by Gasteiger charge is -2.39. The maximum absolute atomic E-state index is 14.8. The van der Waals surface area contributed by atoms with E-state index in [1.807, 2.05) is 25.1 Å². The van der Waals surface area contributed by atoms with Crippen LogP contribution in [0.4, 0.5) is 10.1 Å². The molecule has 3 N–H and O–H groups in total. The predicted octanol–water partition coefficient (Wildman–Crippen LogP) is 8.64. The lowest BCUT2D eigenvalue weighted by molar-refractivity contribution is 0.00125. The van der Waals surface area contributed by atoms with Gasteiger partial charge in [0, 0.05) is 55.6 Å². The van der Waals surface area contributed by atoms with Crippen LogP contribution in [-0.4, -0.2) is 84.4 Å². The molecule has 5 aromatic rings. The third-order valence-electron chi connectivity index (χ3n) is 12.6. The summed E-state index contributed by atoms with van der Waals surface area (Å²) in [4.78, 5) is 22.3. The smallest absolute Gasteiger partial charge is 0.268 e. The van der Waals surface area contributed by atoms with E-state index in [9.17, 15) is 28.0 Å². The van der Waals surface area contributed by atoms with Crippen molar-refractivity contribution in [3.63, 3.8) is 0 Å². The number of amides is 1. The highest BCUT2D eigenvalue weighted by atomic mass is 35.5. The summed E-state index contributed by atoms with van der Waals surface area (Å²) in [5.74, 6) is -1.40. The first-order chi connectivity index (χ1) is 30.0. The van der Waals surface area contributed by atoms with Crippen LogP contribution >= 0.6 is 11.6 Å². The molecule has 1 saturated heterocycles. The molecule has 0 spiro atoms. The number of hydrogen-bond donors (Lipinski definition) is 3. The molecular formula is C47H51ClFN7O6S. The Kier molecular flexibility index (Phi) is 12.5. The Hall–Kier alpha value is -5.53. The maximum atomic E-state index is 14.8. The topological polar surface area (TPSA) is 174 Å². The number of aromatic amines is 1. The first kappa shape index (κ1) is 44.1. The van der Waals surface area contributed by atoms with E-state index in [1.54, 1.807) is 12.1 Å². The third kappa shape index (κ3) is 10.3. The van der Waals surface area contributed by atoms with Gasteiger partial charge in [-0.1, -0.05) is 43.2 Å². The molecule has 0 radical (unpaired) electrons. The number of nitriles is 1. The molecule has 3 aromatic carbocycles. The number of carbonyl (C=O) groups excluding carboxylic acids is 1. The van der Waals surface area contributed by atoms with Gasteiger partial charge in [0.1, 0.15) is 33.8 Å². The van der Waals surface area contributed by atoms with Crippen LogP contribution in [-0.2, 0) is 10.0 Å². The zero-order chi connectivity index (χ0) is 44.5. The third-order valence-corrected chi connectivity index (χ3v) is 14.1. The van der Waals surface area contributed by atoms with Crippen LogP contribution < -0.4 is 19.1 Å². The Labute approximate surface area is 371 Å². The fourth-order valence-electron chi connectivity index (χ4n) is 8.74. The van der Waals surface area contributed by atoms with Crippen LogP contribution in [0.5, 0.6) is 17.4 Å². The molecule has 2 aromatic heterocycles. The van der Waals surface area contributed by atoms with Gasteiger partial charge in [-0.3, -0.25) is 14.8 Å². The predicted molar refractivity (Wildman–Crippen MR) is 239 cm³/mol. The van der Waals surface area contributed by atoms with Gasteiger partial charge in [-0.25, -0.2) is 22.5 Å². The molecule has 330 valence electrons. The van der Waals surface area contributed by atoms with E-state index in [0.29, 0.717) is 41.9 Å². The Balaban J connectivity index is 1.00. The number of nitrogens with zero attached hydrogens (tertiary/aromatic N) is 5. The quantitative estimate of drug-likeness (QED) is 0.109. The van der Waals surface area contributed by atoms with Gasteiger partial charge >= 0.3 is 0 Å². The normalized spacial score (nSPS) is 20.7. The summed E-state index contributed by atoms with van der Waals surface area (Å²) in [5, 5.41) is 28.1. The molecule has 8 rings (SSSR count). The number of aliphatic hydroxyl groups is 1. The minimum Gasteiger partial charge on any atom is -0.476 e. The molecule has 2 aliphatic carbocycles. The van der Waals surface area contributed by atoms with Gasteiger partial charge in [0.25, 0.3) is 15.9 Å². The Bertz CT molecular complexity index is 2700. The second kappa shape index (κ2) is 17.9. The van der Waals surface area contributed by atoms with Gasteiger partial charge in [-0.05, 0) is 111 Å². The van der Waals surface area contributed by atoms with Gasteiger partial charge < -0.3 is 19.5 Å². The molecule has 1 amide bonds. The second-order valence-corrected chi connectivity index (χ2v) is 20.2. The fourth-order valence-corrected chi connectivity index (χ4v) is 9.80. The van der Waals surface area contributed by atoms with Crippen LogP contribution in [0.1, 0.15) is 87.2 Å². The fraction of sp³-hybridized carbons (Fsp3) is 0.404. The second-order valence-electron chi connectivity index (χ2n) is 18.0. The number of hydrogen-bond acceptors (Lipinski definition) is 11. The van der Waals surface area contributed by atoms with E-state index in [2.05, 4.69) is 55.7 Å². The van der Waals surface area contributed by atoms with Gasteiger partial charge in [0.05, 0.1) is 41.1 Å². The van der Waals surface area contributed by atoms with E-state index in [0.717, 1.165) is 69.7 Å². The minimum atomic E-state index is -4.56. The van der Waals surface area contributed by atoms with Gasteiger partial charge in [-0.15, -0.1) is 0 Å². The van der Waals surface area contributed by atoms with Crippen molar-refractivity contribution in [1.82, 2.24) is 24.8 Å². The van der Waals surface area contributed by atoms with Crippen LogP contribution in [0.25, 0.3) is 16.5 Å². The van der Waals surface area contributed by atoms with Crippen molar-refractivity contribution in [2.45, 2.75) is 76.2 Å². The number of allylic oxidation sites excluding steroid dienone is 1. The SMILES string of the molecule is CC1(C)CCC(CN2CCN(c3ccc(C(=O)NS(=O)(=O)c4cnc(OC[C@H]5CC[C@](C)(O)CC5)c(C#N)c4)c(Oc4cc(F)cc5[nH]ncc45)c3)CC2)=C(c2ccc(Cl)cc2)C1. The number of halogens is 2. The van der Waals surface area contributed by atoms with Crippen molar-refractivity contribution >= 4 is 49.7 Å². The van der Waals surface area contributed by atoms with Gasteiger partial charge in [-0.2, -0.15) is 10.4 Å². The Morgan fingerprint density at radius 3 is 2.49 bits per heavy atom. The molecule has 2 fully saturated rings. The molecule has 0 unspecified atom stereocenters. The number of rotatable bonds is 12. The van der Waals surface area contributed by atoms with E-state index in [4.69, 9.17) is 21.1 Å². The lowest BCUT2D eigenvalue weighted by Crippen LogP contribution is -2.47. The number of benzene rings is 3. The van der Waals surface area contributed by atoms with Crippen molar-refractivity contribution in [3.05, 3.63) is 106 Å². The first-order valence-electron chi connectivity index (χ1n) is 21.3. The number of sulfonamides is 1. The average molecular weight is 896 g/mol. The van der Waals surface area contributed by atoms with Crippen molar-refractivity contribution in [2.75, 3.05) is 44.2 Å². The average Bonchev–Trinajstić information content (AvgIpc) is 3.73. The molecule has 1 aliphatic heterocycles. The molecular weight excluding hydrogens is 845 g/mol. The molecule has 0 bridgehead atoms. The number of aromatic nitrogens is 3. The van der Waals surface area contributed by atoms with Crippen LogP contribution in [0.15, 0.2) is 83.5 Å². The number of piperazine rings is 1. The molecule has 3 heterocycles. The van der Waals surface area contributed by atoms with Crippen LogP contribution in [0.3, 0.4) is 0 Å². The van der Waals surface area contributed by atoms with Crippen molar-refractivity contribution < 1.29 is 32.2 Å². The van der Waals surface area contributed by atoms with E-state index in [1.165, 1.54) is 41.1 Å². The summed E-state index contributed by atoms with van der Waals surface area (Å²) in [6.45, 7) is 10.5. The van der Waals surface area contributed by atoms with E-state index < -0.39 is 32.2 Å². The molecule has 0 atom stereocenters. The Morgan fingerprint density at radius 1 is 1.02 bits per heavy atom. The highest BCUT2D eigenvalue weighted by molar-refractivity contribution is 7.90. The number of carbonyl (C=O) groups is 1. The number of anilines is 1. The largest absolute Gasteiger partial charge is 0.476 e. The van der Waals surface area contributed by atoms with E-state index in [-0.39, 0.29) is 46.4 Å². The summed E-state index contributed by atoms with van der Waals surface area (Å²) in [5.41, 5.74) is 4.43. The number of ether oxygens (including phenoxy) is 2. The first-order valence-corrected chi connectivity index (χ1v) is 23.1. The monoisotopic (exact) mass is 895 g/mol. The van der Waals surface area contributed by atoms with Crippen molar-refractivity contribution in [2.24, 2.45) is 11.3 Å². The zero-order valence-corrected chi connectivity index (χ0v) is 37.2. The molecule has 63 heavy (non-hydrogen) atoms. The standard InChI is InChI=1S/C47H51ClFN7O6S/c1-46(2)13-12-32(39(24-46)31-4-6-34(48)7-5-31)28-55-16-18-56(19-17-55)36-8-9-38(43(23-36)62-42-22-35(49)21-41-40(42)27-52-53-41)44(57)54-63(59,60)37-20-33(25-50)45(51-26-37)61-29-30-10-14-47(3,58)15-11-30/h4-9,20-23,26-27,30,58H,10-19,24,28-29H2,1-3H3,(H,52,53)(H,54,57)/t30-,47-. The van der Waals surface area contributed by atoms with E-state index >= 15 is 0 Å². The summed E-state index contributed by atoms with van der Waals surface area (Å²) < 4.78 is 56.4. The highest BCUT2D eigenvalue weighted by Gasteiger charge is 2.32. The van der Waals surface area contributed by atoms with Crippen LogP contribution in [0.2, 0.25) is 5.02 Å². The number of nitrogens with one attached hydrogen (secondary N) is 2. The van der Waals surface area contributed by atoms with Gasteiger partial charge in [0.15, 0.2) is 0 Å². The number of fused-ring (bicyclic) bond motifs is 1. The minimum absolute atomic E-state index is 0.00197.